The van der Waals surface area contributed by atoms with Gasteiger partial charge in [-0.1, -0.05) is 30.3 Å². The summed E-state index contributed by atoms with van der Waals surface area (Å²) in [6, 6.07) is 12.7. The van der Waals surface area contributed by atoms with Crippen LogP contribution in [0.25, 0.3) is 0 Å². The summed E-state index contributed by atoms with van der Waals surface area (Å²) in [4.78, 5) is 29.8. The zero-order chi connectivity index (χ0) is 20.6. The summed E-state index contributed by atoms with van der Waals surface area (Å²) in [7, 11) is 1.30. The fraction of sp³-hybridized carbons (Fsp3) is 0.350. The zero-order valence-electron chi connectivity index (χ0n) is 16.0. The quantitative estimate of drug-likeness (QED) is 0.658. The lowest BCUT2D eigenvalue weighted by Crippen LogP contribution is -2.54. The van der Waals surface area contributed by atoms with Gasteiger partial charge in [0, 0.05) is 19.6 Å². The van der Waals surface area contributed by atoms with Gasteiger partial charge < -0.3 is 24.4 Å². The minimum absolute atomic E-state index is 0.0940. The molecule has 1 aromatic heterocycles. The van der Waals surface area contributed by atoms with Crippen molar-refractivity contribution < 1.29 is 23.8 Å². The number of aromatic nitrogens is 1. The number of piperazine rings is 1. The van der Waals surface area contributed by atoms with Crippen LogP contribution in [-0.2, 0) is 16.1 Å². The lowest BCUT2D eigenvalue weighted by Gasteiger charge is -2.32. The molecule has 1 aromatic carbocycles. The number of ether oxygens (including phenoxy) is 3. The molecule has 1 aliphatic heterocycles. The van der Waals surface area contributed by atoms with E-state index >= 15 is 0 Å². The maximum Gasteiger partial charge on any atom is 0.410 e. The molecule has 0 bridgehead atoms. The SMILES string of the molecule is COC(=O)c1ccc(Br)c(OC[C@@H]2CN(C(=O)OCc3ccccc3)CCN2)n1. The molecule has 1 amide bonds. The van der Waals surface area contributed by atoms with Gasteiger partial charge in [0.15, 0.2) is 5.69 Å². The Morgan fingerprint density at radius 1 is 1.24 bits per heavy atom. The monoisotopic (exact) mass is 463 g/mol. The molecule has 3 rings (SSSR count). The summed E-state index contributed by atoms with van der Waals surface area (Å²) in [5.41, 5.74) is 1.10. The number of benzene rings is 1. The van der Waals surface area contributed by atoms with Crippen molar-refractivity contribution in [2.75, 3.05) is 33.4 Å². The Bertz CT molecular complexity index is 849. The van der Waals surface area contributed by atoms with E-state index in [1.165, 1.54) is 7.11 Å². The summed E-state index contributed by atoms with van der Waals surface area (Å²) in [5.74, 6) is -0.246. The Labute approximate surface area is 177 Å². The molecule has 9 heteroatoms. The first-order valence-electron chi connectivity index (χ1n) is 9.13. The third kappa shape index (κ3) is 5.91. The zero-order valence-corrected chi connectivity index (χ0v) is 17.6. The molecular weight excluding hydrogens is 442 g/mol. The number of methoxy groups -OCH3 is 1. The van der Waals surface area contributed by atoms with E-state index in [1.54, 1.807) is 17.0 Å². The van der Waals surface area contributed by atoms with Crippen molar-refractivity contribution in [3.05, 3.63) is 58.2 Å². The van der Waals surface area contributed by atoms with Gasteiger partial charge in [-0.3, -0.25) is 0 Å². The van der Waals surface area contributed by atoms with Gasteiger partial charge >= 0.3 is 12.1 Å². The van der Waals surface area contributed by atoms with Gasteiger partial charge in [0.25, 0.3) is 0 Å². The van der Waals surface area contributed by atoms with E-state index in [0.717, 1.165) is 5.56 Å². The van der Waals surface area contributed by atoms with Crippen LogP contribution in [0.15, 0.2) is 46.9 Å². The molecule has 1 saturated heterocycles. The largest absolute Gasteiger partial charge is 0.475 e. The number of pyridine rings is 1. The molecule has 2 aromatic rings. The predicted octanol–water partition coefficient (Wildman–Crippen LogP) is 2.62. The Kier molecular flexibility index (Phi) is 7.42. The Morgan fingerprint density at radius 2 is 2.03 bits per heavy atom. The Balaban J connectivity index is 1.52. The normalized spacial score (nSPS) is 16.2. The number of nitrogens with zero attached hydrogens (tertiary/aromatic N) is 2. The second-order valence-corrected chi connectivity index (χ2v) is 7.28. The molecule has 29 heavy (non-hydrogen) atoms. The van der Waals surface area contributed by atoms with Crippen molar-refractivity contribution in [1.29, 1.82) is 0 Å². The number of rotatable bonds is 6. The topological polar surface area (TPSA) is 90.0 Å². The standard InChI is InChI=1S/C20H22BrN3O5/c1-27-19(25)17-8-7-16(21)18(23-17)28-13-15-11-24(10-9-22-15)20(26)29-12-14-5-3-2-4-6-14/h2-8,15,22H,9-13H2,1H3/t15-/m0/s1. The molecule has 1 aliphatic rings. The number of esters is 1. The van der Waals surface area contributed by atoms with E-state index in [1.807, 2.05) is 30.3 Å². The summed E-state index contributed by atoms with van der Waals surface area (Å²) >= 11 is 3.36. The Hall–Kier alpha value is -2.65. The lowest BCUT2D eigenvalue weighted by molar-refractivity contribution is 0.0591. The maximum atomic E-state index is 12.4. The number of hydrogen-bond acceptors (Lipinski definition) is 7. The number of carbonyl (C=O) groups excluding carboxylic acids is 2. The van der Waals surface area contributed by atoms with Crippen molar-refractivity contribution in [2.45, 2.75) is 12.6 Å². The molecular formula is C20H22BrN3O5. The number of hydrogen-bond donors (Lipinski definition) is 1. The molecule has 0 unspecified atom stereocenters. The molecule has 0 aliphatic carbocycles. The van der Waals surface area contributed by atoms with E-state index in [9.17, 15) is 9.59 Å². The minimum atomic E-state index is -0.537. The number of amides is 1. The Morgan fingerprint density at radius 3 is 2.79 bits per heavy atom. The smallest absolute Gasteiger partial charge is 0.410 e. The van der Waals surface area contributed by atoms with Crippen LogP contribution in [0, 0.1) is 0 Å². The third-order valence-corrected chi connectivity index (χ3v) is 4.95. The van der Waals surface area contributed by atoms with Gasteiger partial charge in [-0.15, -0.1) is 0 Å². The first kappa shape index (κ1) is 21.1. The van der Waals surface area contributed by atoms with Crippen LogP contribution in [0.5, 0.6) is 5.88 Å². The van der Waals surface area contributed by atoms with E-state index in [4.69, 9.17) is 9.47 Å². The number of halogens is 1. The van der Waals surface area contributed by atoms with Crippen molar-refractivity contribution in [3.8, 4) is 5.88 Å². The molecule has 1 fully saturated rings. The molecule has 2 heterocycles. The molecule has 0 saturated carbocycles. The number of nitrogens with one attached hydrogen (secondary N) is 1. The molecule has 8 nitrogen and oxygen atoms in total. The molecule has 0 spiro atoms. The van der Waals surface area contributed by atoms with E-state index in [0.29, 0.717) is 30.0 Å². The van der Waals surface area contributed by atoms with Crippen molar-refractivity contribution in [1.82, 2.24) is 15.2 Å². The second kappa shape index (κ2) is 10.2. The fourth-order valence-corrected chi connectivity index (χ4v) is 3.17. The molecule has 1 atom stereocenters. The van der Waals surface area contributed by atoms with Crippen LogP contribution < -0.4 is 10.1 Å². The highest BCUT2D eigenvalue weighted by molar-refractivity contribution is 9.10. The van der Waals surface area contributed by atoms with Crippen molar-refractivity contribution >= 4 is 28.0 Å². The average molecular weight is 464 g/mol. The summed E-state index contributed by atoms with van der Waals surface area (Å²) in [6.45, 7) is 2.15. The van der Waals surface area contributed by atoms with Gasteiger partial charge in [-0.05, 0) is 33.6 Å². The third-order valence-electron chi connectivity index (χ3n) is 4.35. The maximum absolute atomic E-state index is 12.4. The van der Waals surface area contributed by atoms with Crippen LogP contribution >= 0.6 is 15.9 Å². The summed E-state index contributed by atoms with van der Waals surface area (Å²) < 4.78 is 16.5. The van der Waals surface area contributed by atoms with Crippen LogP contribution in [0.2, 0.25) is 0 Å². The van der Waals surface area contributed by atoms with E-state index in [2.05, 4.69) is 31.0 Å². The van der Waals surface area contributed by atoms with E-state index < -0.39 is 5.97 Å². The first-order valence-corrected chi connectivity index (χ1v) is 9.93. The predicted molar refractivity (Wildman–Crippen MR) is 109 cm³/mol. The van der Waals surface area contributed by atoms with Crippen LogP contribution in [0.3, 0.4) is 0 Å². The van der Waals surface area contributed by atoms with Crippen molar-refractivity contribution in [3.63, 3.8) is 0 Å². The van der Waals surface area contributed by atoms with Crippen LogP contribution in [0.1, 0.15) is 16.1 Å². The molecule has 1 N–H and O–H groups in total. The van der Waals surface area contributed by atoms with Crippen molar-refractivity contribution in [2.24, 2.45) is 0 Å². The van der Waals surface area contributed by atoms with Gasteiger partial charge in [0.05, 0.1) is 17.6 Å². The summed E-state index contributed by atoms with van der Waals surface area (Å²) in [6.07, 6.45) is -0.354. The highest BCUT2D eigenvalue weighted by Gasteiger charge is 2.25. The second-order valence-electron chi connectivity index (χ2n) is 6.42. The first-order chi connectivity index (χ1) is 14.1. The lowest BCUT2D eigenvalue weighted by atomic mass is 10.2. The fourth-order valence-electron chi connectivity index (χ4n) is 2.84. The van der Waals surface area contributed by atoms with Crippen LogP contribution in [-0.4, -0.2) is 61.3 Å². The summed E-state index contributed by atoms with van der Waals surface area (Å²) in [5, 5.41) is 3.31. The van der Waals surface area contributed by atoms with E-state index in [-0.39, 0.29) is 31.0 Å². The van der Waals surface area contributed by atoms with Gasteiger partial charge in [-0.2, -0.15) is 0 Å². The average Bonchev–Trinajstić information content (AvgIpc) is 2.77. The minimum Gasteiger partial charge on any atom is -0.475 e. The van der Waals surface area contributed by atoms with Crippen LogP contribution in [0.4, 0.5) is 4.79 Å². The highest BCUT2D eigenvalue weighted by atomic mass is 79.9. The van der Waals surface area contributed by atoms with Gasteiger partial charge in [0.1, 0.15) is 13.2 Å². The van der Waals surface area contributed by atoms with Gasteiger partial charge in [0.2, 0.25) is 5.88 Å². The van der Waals surface area contributed by atoms with Gasteiger partial charge in [-0.25, -0.2) is 14.6 Å². The highest BCUT2D eigenvalue weighted by Crippen LogP contribution is 2.23. The number of carbonyl (C=O) groups is 2. The molecule has 0 radical (unpaired) electrons. The molecule has 154 valence electrons.